The molecule has 1 saturated heterocycles. The Kier molecular flexibility index (Phi) is 4.24. The first kappa shape index (κ1) is 15.8. The summed E-state index contributed by atoms with van der Waals surface area (Å²) in [6.45, 7) is 0. The Morgan fingerprint density at radius 1 is 1.08 bits per heavy atom. The van der Waals surface area contributed by atoms with Crippen LogP contribution >= 0.6 is 11.8 Å². The lowest BCUT2D eigenvalue weighted by molar-refractivity contribution is -0.112. The number of thioether (sulfide) groups is 1. The Balaban J connectivity index is 1.78. The number of hydrogen-bond donors (Lipinski definition) is 1. The summed E-state index contributed by atoms with van der Waals surface area (Å²) in [6, 6.07) is 18.8. The molecule has 2 heterocycles. The fraction of sp³-hybridized carbons (Fsp3) is 0.150. The van der Waals surface area contributed by atoms with Gasteiger partial charge in [0.25, 0.3) is 5.91 Å². The van der Waals surface area contributed by atoms with Gasteiger partial charge in [0, 0.05) is 16.7 Å². The fourth-order valence-corrected chi connectivity index (χ4v) is 3.92. The predicted molar refractivity (Wildman–Crippen MR) is 101 cm³/mol. The van der Waals surface area contributed by atoms with Crippen molar-refractivity contribution in [2.24, 2.45) is 0 Å². The van der Waals surface area contributed by atoms with Crippen LogP contribution in [-0.4, -0.2) is 27.8 Å². The Labute approximate surface area is 149 Å². The Morgan fingerprint density at radius 2 is 1.84 bits per heavy atom. The van der Waals surface area contributed by atoms with Crippen molar-refractivity contribution in [3.05, 3.63) is 66.2 Å². The van der Waals surface area contributed by atoms with Gasteiger partial charge in [0.2, 0.25) is 5.12 Å². The lowest BCUT2D eigenvalue weighted by atomic mass is 10.0. The van der Waals surface area contributed by atoms with Gasteiger partial charge < -0.3 is 5.32 Å². The Hall–Kier alpha value is -2.66. The first-order valence-electron chi connectivity index (χ1n) is 8.15. The van der Waals surface area contributed by atoms with Crippen LogP contribution in [0.15, 0.2) is 60.7 Å². The molecule has 1 aromatic heterocycles. The lowest BCUT2D eigenvalue weighted by Crippen LogP contribution is -2.37. The lowest BCUT2D eigenvalue weighted by Gasteiger charge is -2.13. The molecule has 1 fully saturated rings. The minimum absolute atomic E-state index is 0.0370. The Bertz CT molecular complexity index is 956. The summed E-state index contributed by atoms with van der Waals surface area (Å²) < 4.78 is 0. The average Bonchev–Trinajstić information content (AvgIpc) is 3.06. The van der Waals surface area contributed by atoms with Gasteiger partial charge in [-0.25, -0.2) is 4.98 Å². The molecule has 3 aromatic rings. The molecule has 2 aromatic carbocycles. The number of hydrogen-bond acceptors (Lipinski definition) is 4. The summed E-state index contributed by atoms with van der Waals surface area (Å²) in [5.74, 6) is 0.535. The van der Waals surface area contributed by atoms with Gasteiger partial charge in [-0.15, -0.1) is 0 Å². The summed E-state index contributed by atoms with van der Waals surface area (Å²) >= 11 is 1.28. The van der Waals surface area contributed by atoms with Crippen LogP contribution in [0.5, 0.6) is 0 Å². The van der Waals surface area contributed by atoms with Crippen molar-refractivity contribution in [1.29, 1.82) is 0 Å². The van der Waals surface area contributed by atoms with Crippen LogP contribution in [0, 0.1) is 0 Å². The van der Waals surface area contributed by atoms with E-state index in [4.69, 9.17) is 0 Å². The molecule has 124 valence electrons. The molecule has 1 aliphatic heterocycles. The number of nitrogens with one attached hydrogen (secondary N) is 1. The summed E-state index contributed by atoms with van der Waals surface area (Å²) in [5.41, 5.74) is 3.02. The van der Waals surface area contributed by atoms with E-state index in [2.05, 4.69) is 10.3 Å². The second-order valence-electron chi connectivity index (χ2n) is 5.92. The maximum Gasteiger partial charge on any atom is 0.252 e. The zero-order valence-electron chi connectivity index (χ0n) is 13.4. The summed E-state index contributed by atoms with van der Waals surface area (Å²) in [6.07, 6.45) is 0.684. The maximum atomic E-state index is 12.8. The van der Waals surface area contributed by atoms with Crippen LogP contribution in [0.2, 0.25) is 0 Å². The summed E-state index contributed by atoms with van der Waals surface area (Å²) in [5, 5.41) is 3.71. The number of amides is 1. The number of rotatable bonds is 3. The topological polar surface area (TPSA) is 59.1 Å². The second-order valence-corrected chi connectivity index (χ2v) is 7.02. The van der Waals surface area contributed by atoms with E-state index in [9.17, 15) is 9.59 Å². The van der Waals surface area contributed by atoms with Gasteiger partial charge >= 0.3 is 0 Å². The van der Waals surface area contributed by atoms with E-state index in [1.165, 1.54) is 11.8 Å². The van der Waals surface area contributed by atoms with E-state index >= 15 is 0 Å². The van der Waals surface area contributed by atoms with Gasteiger partial charge in [-0.05, 0) is 18.6 Å². The third-order valence-corrected chi connectivity index (χ3v) is 5.28. The van der Waals surface area contributed by atoms with Crippen molar-refractivity contribution in [3.63, 3.8) is 0 Å². The predicted octanol–water partition coefficient (Wildman–Crippen LogP) is 3.66. The van der Waals surface area contributed by atoms with E-state index in [1.807, 2.05) is 54.6 Å². The molecule has 25 heavy (non-hydrogen) atoms. The van der Waals surface area contributed by atoms with E-state index < -0.39 is 6.04 Å². The molecule has 0 radical (unpaired) electrons. The molecule has 1 N–H and O–H groups in total. The van der Waals surface area contributed by atoms with Crippen molar-refractivity contribution in [2.45, 2.75) is 12.5 Å². The van der Waals surface area contributed by atoms with E-state index in [-0.39, 0.29) is 11.0 Å². The first-order chi connectivity index (χ1) is 12.2. The molecule has 4 nitrogen and oxygen atoms in total. The average molecular weight is 348 g/mol. The highest BCUT2D eigenvalue weighted by Crippen LogP contribution is 2.26. The van der Waals surface area contributed by atoms with Crippen LogP contribution in [0.25, 0.3) is 22.2 Å². The van der Waals surface area contributed by atoms with Crippen LogP contribution in [-0.2, 0) is 4.79 Å². The smallest absolute Gasteiger partial charge is 0.252 e. The van der Waals surface area contributed by atoms with Gasteiger partial charge in [0.1, 0.15) is 0 Å². The number of nitrogens with zero attached hydrogens (tertiary/aromatic N) is 1. The molecular weight excluding hydrogens is 332 g/mol. The quantitative estimate of drug-likeness (QED) is 0.785. The number of benzene rings is 2. The summed E-state index contributed by atoms with van der Waals surface area (Å²) in [7, 11) is 0. The SMILES string of the molecule is O=C(NC1CCSC1=O)c1cc(-c2ccccc2)nc2ccccc12. The normalized spacial score (nSPS) is 17.0. The molecule has 4 rings (SSSR count). The molecular formula is C20H16N2O2S. The number of fused-ring (bicyclic) bond motifs is 1. The van der Waals surface area contributed by atoms with Crippen LogP contribution in [0.1, 0.15) is 16.8 Å². The van der Waals surface area contributed by atoms with Crippen molar-refractivity contribution in [1.82, 2.24) is 10.3 Å². The van der Waals surface area contributed by atoms with Crippen molar-refractivity contribution in [2.75, 3.05) is 5.75 Å². The number of carbonyl (C=O) groups excluding carboxylic acids is 2. The van der Waals surface area contributed by atoms with Gasteiger partial charge in [0.05, 0.1) is 22.8 Å². The number of pyridine rings is 1. The van der Waals surface area contributed by atoms with Crippen molar-refractivity contribution < 1.29 is 9.59 Å². The molecule has 0 aliphatic carbocycles. The zero-order chi connectivity index (χ0) is 17.2. The number of para-hydroxylation sites is 1. The molecule has 0 saturated carbocycles. The van der Waals surface area contributed by atoms with Gasteiger partial charge in [-0.2, -0.15) is 0 Å². The third kappa shape index (κ3) is 3.15. The van der Waals surface area contributed by atoms with Crippen LogP contribution in [0.3, 0.4) is 0 Å². The molecule has 1 amide bonds. The van der Waals surface area contributed by atoms with E-state index in [0.29, 0.717) is 12.0 Å². The monoisotopic (exact) mass is 348 g/mol. The first-order valence-corrected chi connectivity index (χ1v) is 9.13. The maximum absolute atomic E-state index is 12.8. The molecule has 5 heteroatoms. The number of aromatic nitrogens is 1. The third-order valence-electron chi connectivity index (χ3n) is 4.27. The minimum Gasteiger partial charge on any atom is -0.341 e. The summed E-state index contributed by atoms with van der Waals surface area (Å²) in [4.78, 5) is 29.4. The van der Waals surface area contributed by atoms with Gasteiger partial charge in [-0.1, -0.05) is 60.3 Å². The van der Waals surface area contributed by atoms with E-state index in [1.54, 1.807) is 6.07 Å². The minimum atomic E-state index is -0.399. The highest BCUT2D eigenvalue weighted by atomic mass is 32.2. The molecule has 0 spiro atoms. The molecule has 1 unspecified atom stereocenters. The molecule has 0 bridgehead atoms. The van der Waals surface area contributed by atoms with Gasteiger partial charge in [0.15, 0.2) is 0 Å². The Morgan fingerprint density at radius 3 is 2.60 bits per heavy atom. The highest BCUT2D eigenvalue weighted by molar-refractivity contribution is 8.14. The zero-order valence-corrected chi connectivity index (χ0v) is 14.3. The standard InChI is InChI=1S/C20H16N2O2S/c23-19(22-17-10-11-25-20(17)24)15-12-18(13-6-2-1-3-7-13)21-16-9-5-4-8-14(15)16/h1-9,12,17H,10-11H2,(H,22,23). The van der Waals surface area contributed by atoms with Crippen LogP contribution in [0.4, 0.5) is 0 Å². The van der Waals surface area contributed by atoms with Crippen molar-refractivity contribution in [3.8, 4) is 11.3 Å². The molecule has 1 aliphatic rings. The van der Waals surface area contributed by atoms with Gasteiger partial charge in [-0.3, -0.25) is 9.59 Å². The van der Waals surface area contributed by atoms with E-state index in [0.717, 1.165) is 27.9 Å². The van der Waals surface area contributed by atoms with Crippen molar-refractivity contribution >= 4 is 33.7 Å². The molecule has 1 atom stereocenters. The van der Waals surface area contributed by atoms with Crippen LogP contribution < -0.4 is 5.32 Å². The number of carbonyl (C=O) groups is 2. The fourth-order valence-electron chi connectivity index (χ4n) is 2.98. The second kappa shape index (κ2) is 6.69. The highest BCUT2D eigenvalue weighted by Gasteiger charge is 2.27. The largest absolute Gasteiger partial charge is 0.341 e.